The minimum Gasteiger partial charge on any atom is -0.0776 e. The zero-order valence-corrected chi connectivity index (χ0v) is 12.4. The normalized spacial score (nSPS) is 9.48. The SMILES string of the molecule is C.C.C.C.CCC(c1ccccc1)(c1ccccc1)c1ccccc1. The molecular formula is C25H36. The van der Waals surface area contributed by atoms with Crippen LogP contribution in [0.1, 0.15) is 59.7 Å². The van der Waals surface area contributed by atoms with Crippen molar-refractivity contribution in [3.05, 3.63) is 108 Å². The summed E-state index contributed by atoms with van der Waals surface area (Å²) in [6.07, 6.45) is 1.03. The summed E-state index contributed by atoms with van der Waals surface area (Å²) in [5.74, 6) is 0. The second-order valence-electron chi connectivity index (χ2n) is 5.36. The van der Waals surface area contributed by atoms with Crippen LogP contribution in [0.5, 0.6) is 0 Å². The van der Waals surface area contributed by atoms with E-state index in [-0.39, 0.29) is 35.1 Å². The number of hydrogen-bond donors (Lipinski definition) is 0. The average Bonchev–Trinajstić information content (AvgIpc) is 2.59. The molecule has 0 heteroatoms. The molecule has 0 unspecified atom stereocenters. The Morgan fingerprint density at radius 1 is 0.480 bits per heavy atom. The molecule has 0 aliphatic heterocycles. The molecular weight excluding hydrogens is 300 g/mol. The van der Waals surface area contributed by atoms with E-state index < -0.39 is 0 Å². The molecule has 0 bridgehead atoms. The minimum atomic E-state index is -0.0796. The van der Waals surface area contributed by atoms with E-state index in [9.17, 15) is 0 Å². The molecule has 3 rings (SSSR count). The van der Waals surface area contributed by atoms with Crippen molar-refractivity contribution in [3.8, 4) is 0 Å². The number of rotatable bonds is 4. The Kier molecular flexibility index (Phi) is 11.2. The predicted molar refractivity (Wildman–Crippen MR) is 116 cm³/mol. The number of benzene rings is 3. The lowest BCUT2D eigenvalue weighted by Crippen LogP contribution is -2.28. The van der Waals surface area contributed by atoms with Crippen molar-refractivity contribution in [2.75, 3.05) is 0 Å². The van der Waals surface area contributed by atoms with Crippen LogP contribution in [-0.2, 0) is 5.41 Å². The molecule has 0 radical (unpaired) electrons. The second kappa shape index (κ2) is 11.3. The Hall–Kier alpha value is -2.34. The molecule has 0 nitrogen and oxygen atoms in total. The van der Waals surface area contributed by atoms with E-state index in [0.717, 1.165) is 6.42 Å². The average molecular weight is 337 g/mol. The molecule has 0 aromatic heterocycles. The topological polar surface area (TPSA) is 0 Å². The monoisotopic (exact) mass is 336 g/mol. The van der Waals surface area contributed by atoms with E-state index >= 15 is 0 Å². The van der Waals surface area contributed by atoms with Crippen molar-refractivity contribution in [2.45, 2.75) is 48.5 Å². The van der Waals surface area contributed by atoms with E-state index in [2.05, 4.69) is 97.9 Å². The summed E-state index contributed by atoms with van der Waals surface area (Å²) in [6.45, 7) is 2.27. The fraction of sp³-hybridized carbons (Fsp3) is 0.280. The van der Waals surface area contributed by atoms with Gasteiger partial charge in [0.15, 0.2) is 0 Å². The standard InChI is InChI=1S/C21H20.4CH4/c1-2-21(18-12-6-3-7-13-18,19-14-8-4-9-15-19)20-16-10-5-11-17-20;;;;/h3-17H,2H2,1H3;4*1H4. The van der Waals surface area contributed by atoms with Gasteiger partial charge in [-0.05, 0) is 23.1 Å². The van der Waals surface area contributed by atoms with Crippen molar-refractivity contribution >= 4 is 0 Å². The Balaban J connectivity index is 0. The first kappa shape index (κ1) is 24.9. The van der Waals surface area contributed by atoms with Crippen LogP contribution in [0.25, 0.3) is 0 Å². The highest BCUT2D eigenvalue weighted by atomic mass is 14.4. The molecule has 0 atom stereocenters. The molecule has 0 spiro atoms. The Morgan fingerprint density at radius 2 is 0.720 bits per heavy atom. The number of hydrogen-bond acceptors (Lipinski definition) is 0. The fourth-order valence-corrected chi connectivity index (χ4v) is 3.28. The van der Waals surface area contributed by atoms with Crippen molar-refractivity contribution < 1.29 is 0 Å². The maximum atomic E-state index is 2.27. The van der Waals surface area contributed by atoms with E-state index in [4.69, 9.17) is 0 Å². The Morgan fingerprint density at radius 3 is 0.920 bits per heavy atom. The van der Waals surface area contributed by atoms with Gasteiger partial charge in [0.2, 0.25) is 0 Å². The van der Waals surface area contributed by atoms with Crippen LogP contribution in [0.2, 0.25) is 0 Å². The Bertz CT molecular complexity index is 572. The quantitative estimate of drug-likeness (QED) is 0.424. The van der Waals surface area contributed by atoms with Gasteiger partial charge in [0.25, 0.3) is 0 Å². The Labute approximate surface area is 156 Å². The third kappa shape index (κ3) is 4.60. The second-order valence-corrected chi connectivity index (χ2v) is 5.36. The first-order chi connectivity index (χ1) is 10.4. The van der Waals surface area contributed by atoms with Crippen LogP contribution in [0.3, 0.4) is 0 Å². The zero-order valence-electron chi connectivity index (χ0n) is 12.4. The van der Waals surface area contributed by atoms with Crippen LogP contribution in [-0.4, -0.2) is 0 Å². The first-order valence-electron chi connectivity index (χ1n) is 7.54. The summed E-state index contributed by atoms with van der Waals surface area (Å²) in [5, 5.41) is 0. The van der Waals surface area contributed by atoms with Crippen molar-refractivity contribution in [1.29, 1.82) is 0 Å². The van der Waals surface area contributed by atoms with Crippen LogP contribution in [0, 0.1) is 0 Å². The smallest absolute Gasteiger partial charge is 0.0448 e. The van der Waals surface area contributed by atoms with Gasteiger partial charge in [-0.15, -0.1) is 0 Å². The van der Waals surface area contributed by atoms with Gasteiger partial charge in [0, 0.05) is 5.41 Å². The van der Waals surface area contributed by atoms with Gasteiger partial charge in [0.1, 0.15) is 0 Å². The molecule has 0 saturated heterocycles. The van der Waals surface area contributed by atoms with Crippen LogP contribution in [0.15, 0.2) is 91.0 Å². The summed E-state index contributed by atoms with van der Waals surface area (Å²) >= 11 is 0. The third-order valence-electron chi connectivity index (χ3n) is 4.33. The molecule has 0 amide bonds. The molecule has 136 valence electrons. The summed E-state index contributed by atoms with van der Waals surface area (Å²) in [4.78, 5) is 0. The molecule has 3 aromatic carbocycles. The molecule has 0 aliphatic rings. The van der Waals surface area contributed by atoms with E-state index in [1.165, 1.54) is 16.7 Å². The lowest BCUT2D eigenvalue weighted by molar-refractivity contribution is 0.594. The maximum Gasteiger partial charge on any atom is 0.0448 e. The van der Waals surface area contributed by atoms with Crippen molar-refractivity contribution in [1.82, 2.24) is 0 Å². The lowest BCUT2D eigenvalue weighted by atomic mass is 9.68. The van der Waals surface area contributed by atoms with Gasteiger partial charge >= 0.3 is 0 Å². The van der Waals surface area contributed by atoms with Gasteiger partial charge in [-0.2, -0.15) is 0 Å². The van der Waals surface area contributed by atoms with Gasteiger partial charge in [-0.25, -0.2) is 0 Å². The highest BCUT2D eigenvalue weighted by Crippen LogP contribution is 2.41. The minimum absolute atomic E-state index is 0. The van der Waals surface area contributed by atoms with Crippen LogP contribution in [0.4, 0.5) is 0 Å². The highest BCUT2D eigenvalue weighted by molar-refractivity contribution is 5.49. The molecule has 0 aliphatic carbocycles. The maximum absolute atomic E-state index is 2.27. The lowest BCUT2D eigenvalue weighted by Gasteiger charge is -2.35. The fourth-order valence-electron chi connectivity index (χ4n) is 3.28. The summed E-state index contributed by atoms with van der Waals surface area (Å²) in [5.41, 5.74) is 3.98. The molecule has 25 heavy (non-hydrogen) atoms. The van der Waals surface area contributed by atoms with Gasteiger partial charge < -0.3 is 0 Å². The molecule has 0 N–H and O–H groups in total. The summed E-state index contributed by atoms with van der Waals surface area (Å²) in [6, 6.07) is 32.5. The summed E-state index contributed by atoms with van der Waals surface area (Å²) in [7, 11) is 0. The molecule has 0 saturated carbocycles. The molecule has 0 fully saturated rings. The van der Waals surface area contributed by atoms with Gasteiger partial charge in [-0.1, -0.05) is 128 Å². The van der Waals surface area contributed by atoms with Gasteiger partial charge in [0.05, 0.1) is 0 Å². The predicted octanol–water partition coefficient (Wildman–Crippen LogP) is 7.98. The molecule has 3 aromatic rings. The largest absolute Gasteiger partial charge is 0.0776 e. The highest BCUT2D eigenvalue weighted by Gasteiger charge is 2.33. The third-order valence-corrected chi connectivity index (χ3v) is 4.33. The first-order valence-corrected chi connectivity index (χ1v) is 7.54. The van der Waals surface area contributed by atoms with Gasteiger partial charge in [-0.3, -0.25) is 0 Å². The van der Waals surface area contributed by atoms with Crippen LogP contribution >= 0.6 is 0 Å². The van der Waals surface area contributed by atoms with Crippen molar-refractivity contribution in [3.63, 3.8) is 0 Å². The van der Waals surface area contributed by atoms with Crippen molar-refractivity contribution in [2.24, 2.45) is 0 Å². The van der Waals surface area contributed by atoms with Crippen LogP contribution < -0.4 is 0 Å². The zero-order chi connectivity index (χ0) is 14.5. The van der Waals surface area contributed by atoms with E-state index in [0.29, 0.717) is 0 Å². The molecule has 0 heterocycles. The summed E-state index contributed by atoms with van der Waals surface area (Å²) < 4.78 is 0. The van der Waals surface area contributed by atoms with E-state index in [1.54, 1.807) is 0 Å². The van der Waals surface area contributed by atoms with E-state index in [1.807, 2.05) is 0 Å².